The molecule has 0 fully saturated rings. The van der Waals surface area contributed by atoms with Crippen molar-refractivity contribution in [3.05, 3.63) is 69.2 Å². The highest BCUT2D eigenvalue weighted by molar-refractivity contribution is 7.89. The molecule has 6 nitrogen and oxygen atoms in total. The van der Waals surface area contributed by atoms with Crippen LogP contribution in [0.15, 0.2) is 42.5 Å². The molecule has 1 amide bonds. The molecule has 0 aliphatic heterocycles. The standard InChI is InChI=1S/C19H19Cl2NO5S/c1-12(16-8-7-15(20)9-17(16)21)22-18(23)10-27-19(24)14-5-3-13(4-6-14)11-28(2,25)26/h3-9,12H,10-11H2,1-2H3,(H,22,23). The maximum atomic E-state index is 12.0. The van der Waals surface area contributed by atoms with E-state index in [-0.39, 0.29) is 11.3 Å². The first kappa shape index (κ1) is 22.2. The summed E-state index contributed by atoms with van der Waals surface area (Å²) in [5.74, 6) is -1.28. The SMILES string of the molecule is CC(NC(=O)COC(=O)c1ccc(CS(C)(=O)=O)cc1)c1ccc(Cl)cc1Cl. The van der Waals surface area contributed by atoms with Crippen molar-refractivity contribution in [1.29, 1.82) is 0 Å². The molecule has 1 atom stereocenters. The van der Waals surface area contributed by atoms with Gasteiger partial charge in [-0.05, 0) is 42.3 Å². The number of carbonyl (C=O) groups excluding carboxylic acids is 2. The fourth-order valence-corrected chi connectivity index (χ4v) is 3.84. The van der Waals surface area contributed by atoms with Crippen LogP contribution in [-0.4, -0.2) is 33.2 Å². The number of hydrogen-bond acceptors (Lipinski definition) is 5. The molecule has 0 bridgehead atoms. The third-order valence-electron chi connectivity index (χ3n) is 3.76. The number of ether oxygens (including phenoxy) is 1. The summed E-state index contributed by atoms with van der Waals surface area (Å²) >= 11 is 12.0. The van der Waals surface area contributed by atoms with Crippen LogP contribution in [0.1, 0.15) is 34.5 Å². The minimum absolute atomic E-state index is 0.115. The number of amides is 1. The number of sulfone groups is 1. The lowest BCUT2D eigenvalue weighted by atomic mass is 10.1. The van der Waals surface area contributed by atoms with Crippen molar-refractivity contribution >= 4 is 44.9 Å². The lowest BCUT2D eigenvalue weighted by Gasteiger charge is -2.16. The van der Waals surface area contributed by atoms with E-state index in [1.165, 1.54) is 24.3 Å². The molecule has 1 unspecified atom stereocenters. The van der Waals surface area contributed by atoms with Crippen LogP contribution >= 0.6 is 23.2 Å². The van der Waals surface area contributed by atoms with E-state index in [2.05, 4.69) is 5.32 Å². The van der Waals surface area contributed by atoms with Gasteiger partial charge in [0.1, 0.15) is 0 Å². The molecule has 0 heterocycles. The van der Waals surface area contributed by atoms with Gasteiger partial charge >= 0.3 is 5.97 Å². The van der Waals surface area contributed by atoms with Crippen LogP contribution in [0.2, 0.25) is 10.0 Å². The second-order valence-electron chi connectivity index (χ2n) is 6.30. The largest absolute Gasteiger partial charge is 0.452 e. The minimum Gasteiger partial charge on any atom is -0.452 e. The van der Waals surface area contributed by atoms with Crippen LogP contribution in [0.3, 0.4) is 0 Å². The molecular weight excluding hydrogens is 425 g/mol. The van der Waals surface area contributed by atoms with Crippen molar-refractivity contribution in [2.45, 2.75) is 18.7 Å². The van der Waals surface area contributed by atoms with E-state index in [9.17, 15) is 18.0 Å². The lowest BCUT2D eigenvalue weighted by Crippen LogP contribution is -2.31. The van der Waals surface area contributed by atoms with Gasteiger partial charge in [-0.2, -0.15) is 0 Å². The molecule has 0 spiro atoms. The quantitative estimate of drug-likeness (QED) is 0.660. The van der Waals surface area contributed by atoms with Gasteiger partial charge in [0.05, 0.1) is 17.4 Å². The number of nitrogens with one attached hydrogen (secondary N) is 1. The van der Waals surface area contributed by atoms with E-state index >= 15 is 0 Å². The summed E-state index contributed by atoms with van der Waals surface area (Å²) in [6.45, 7) is 1.29. The highest BCUT2D eigenvalue weighted by atomic mass is 35.5. The number of halogens is 2. The van der Waals surface area contributed by atoms with Gasteiger partial charge in [0, 0.05) is 16.3 Å². The third kappa shape index (κ3) is 6.82. The average Bonchev–Trinajstić information content (AvgIpc) is 2.58. The van der Waals surface area contributed by atoms with Crippen molar-refractivity contribution in [1.82, 2.24) is 5.32 Å². The zero-order chi connectivity index (χ0) is 20.9. The Hall–Kier alpha value is -2.09. The van der Waals surface area contributed by atoms with Crippen LogP contribution in [0.5, 0.6) is 0 Å². The summed E-state index contributed by atoms with van der Waals surface area (Å²) in [5.41, 5.74) is 1.47. The number of benzene rings is 2. The van der Waals surface area contributed by atoms with Crippen molar-refractivity contribution in [2.24, 2.45) is 0 Å². The molecule has 0 aliphatic carbocycles. The third-order valence-corrected chi connectivity index (χ3v) is 5.18. The topological polar surface area (TPSA) is 89.5 Å². The Bertz CT molecular complexity index is 974. The Kier molecular flexibility index (Phi) is 7.46. The maximum Gasteiger partial charge on any atom is 0.338 e. The molecule has 0 aromatic heterocycles. The van der Waals surface area contributed by atoms with Crippen LogP contribution in [-0.2, 0) is 25.1 Å². The van der Waals surface area contributed by atoms with Gasteiger partial charge in [-0.1, -0.05) is 41.4 Å². The predicted molar refractivity (Wildman–Crippen MR) is 108 cm³/mol. The first-order valence-corrected chi connectivity index (χ1v) is 11.0. The Morgan fingerprint density at radius 2 is 1.75 bits per heavy atom. The monoisotopic (exact) mass is 443 g/mol. The van der Waals surface area contributed by atoms with Gasteiger partial charge in [-0.3, -0.25) is 4.79 Å². The summed E-state index contributed by atoms with van der Waals surface area (Å²) < 4.78 is 27.5. The van der Waals surface area contributed by atoms with Crippen molar-refractivity contribution in [3.63, 3.8) is 0 Å². The van der Waals surface area contributed by atoms with Gasteiger partial charge in [0.2, 0.25) is 0 Å². The second kappa shape index (κ2) is 9.41. The molecule has 0 saturated heterocycles. The molecule has 0 radical (unpaired) electrons. The van der Waals surface area contributed by atoms with Crippen molar-refractivity contribution < 1.29 is 22.7 Å². The van der Waals surface area contributed by atoms with E-state index in [0.717, 1.165) is 6.26 Å². The molecule has 150 valence electrons. The summed E-state index contributed by atoms with van der Waals surface area (Å²) in [4.78, 5) is 24.1. The molecular formula is C19H19Cl2NO5S. The normalized spacial score (nSPS) is 12.3. The fraction of sp³-hybridized carbons (Fsp3) is 0.263. The first-order chi connectivity index (χ1) is 13.0. The molecule has 0 aliphatic rings. The predicted octanol–water partition coefficient (Wildman–Crippen LogP) is 3.57. The second-order valence-corrected chi connectivity index (χ2v) is 9.28. The highest BCUT2D eigenvalue weighted by Crippen LogP contribution is 2.26. The van der Waals surface area contributed by atoms with Crippen molar-refractivity contribution in [3.8, 4) is 0 Å². The van der Waals surface area contributed by atoms with E-state index < -0.39 is 34.4 Å². The van der Waals surface area contributed by atoms with E-state index in [4.69, 9.17) is 27.9 Å². The van der Waals surface area contributed by atoms with Gasteiger partial charge in [-0.25, -0.2) is 13.2 Å². The maximum absolute atomic E-state index is 12.0. The zero-order valence-corrected chi connectivity index (χ0v) is 17.6. The number of esters is 1. The van der Waals surface area contributed by atoms with Gasteiger partial charge in [0.25, 0.3) is 5.91 Å². The van der Waals surface area contributed by atoms with Crippen LogP contribution in [0.25, 0.3) is 0 Å². The Morgan fingerprint density at radius 3 is 2.32 bits per heavy atom. The Morgan fingerprint density at radius 1 is 1.11 bits per heavy atom. The summed E-state index contributed by atoms with van der Waals surface area (Å²) in [7, 11) is -3.16. The smallest absolute Gasteiger partial charge is 0.338 e. The summed E-state index contributed by atoms with van der Waals surface area (Å²) in [6.07, 6.45) is 1.13. The molecule has 28 heavy (non-hydrogen) atoms. The summed E-state index contributed by atoms with van der Waals surface area (Å²) in [5, 5.41) is 3.60. The van der Waals surface area contributed by atoms with E-state index in [1.54, 1.807) is 25.1 Å². The zero-order valence-electron chi connectivity index (χ0n) is 15.2. The number of carbonyl (C=O) groups is 2. The van der Waals surface area contributed by atoms with Gasteiger partial charge < -0.3 is 10.1 Å². The highest BCUT2D eigenvalue weighted by Gasteiger charge is 2.15. The minimum atomic E-state index is -3.16. The number of hydrogen-bond donors (Lipinski definition) is 1. The Balaban J connectivity index is 1.88. The Labute approximate surface area is 173 Å². The van der Waals surface area contributed by atoms with E-state index in [0.29, 0.717) is 21.2 Å². The molecule has 2 aromatic carbocycles. The van der Waals surface area contributed by atoms with E-state index in [1.807, 2.05) is 0 Å². The lowest BCUT2D eigenvalue weighted by molar-refractivity contribution is -0.124. The first-order valence-electron chi connectivity index (χ1n) is 8.23. The van der Waals surface area contributed by atoms with Crippen LogP contribution in [0.4, 0.5) is 0 Å². The van der Waals surface area contributed by atoms with Crippen LogP contribution in [0, 0.1) is 0 Å². The molecule has 1 N–H and O–H groups in total. The number of rotatable bonds is 7. The molecule has 2 rings (SSSR count). The van der Waals surface area contributed by atoms with Gasteiger partial charge in [-0.15, -0.1) is 0 Å². The molecule has 0 saturated carbocycles. The fourth-order valence-electron chi connectivity index (χ4n) is 2.47. The molecule has 9 heteroatoms. The van der Waals surface area contributed by atoms with Crippen molar-refractivity contribution in [2.75, 3.05) is 12.9 Å². The average molecular weight is 444 g/mol. The molecule has 2 aromatic rings. The van der Waals surface area contributed by atoms with Crippen LogP contribution < -0.4 is 5.32 Å². The van der Waals surface area contributed by atoms with Gasteiger partial charge in [0.15, 0.2) is 16.4 Å². The summed E-state index contributed by atoms with van der Waals surface area (Å²) in [6, 6.07) is 10.5.